The molecule has 6 nitrogen and oxygen atoms in total. The lowest BCUT2D eigenvalue weighted by Gasteiger charge is -2.20. The number of aryl methyl sites for hydroxylation is 1. The van der Waals surface area contributed by atoms with Crippen LogP contribution in [-0.2, 0) is 17.8 Å². The number of anilines is 2. The number of rotatable bonds is 10. The highest BCUT2D eigenvalue weighted by molar-refractivity contribution is 9.10. The second-order valence-corrected chi connectivity index (χ2v) is 10.3. The van der Waals surface area contributed by atoms with Gasteiger partial charge in [-0.25, -0.2) is 9.97 Å². The van der Waals surface area contributed by atoms with Crippen LogP contribution in [0.4, 0.5) is 11.6 Å². The Morgan fingerprint density at radius 3 is 2.66 bits per heavy atom. The molecule has 0 aliphatic heterocycles. The van der Waals surface area contributed by atoms with Gasteiger partial charge in [-0.3, -0.25) is 4.79 Å². The molecule has 0 spiro atoms. The normalized spacial score (nSPS) is 18.3. The fraction of sp³-hybridized carbons (Fsp3) is 0.560. The fourth-order valence-electron chi connectivity index (χ4n) is 4.48. The van der Waals surface area contributed by atoms with E-state index in [1.54, 1.807) is 0 Å². The van der Waals surface area contributed by atoms with Crippen LogP contribution in [0.2, 0.25) is 0 Å². The van der Waals surface area contributed by atoms with Gasteiger partial charge in [0.15, 0.2) is 0 Å². The molecule has 32 heavy (non-hydrogen) atoms. The van der Waals surface area contributed by atoms with Gasteiger partial charge in [-0.1, -0.05) is 18.6 Å². The number of aromatic nitrogens is 2. The van der Waals surface area contributed by atoms with E-state index in [9.17, 15) is 4.79 Å². The number of benzene rings is 1. The van der Waals surface area contributed by atoms with Crippen molar-refractivity contribution in [2.24, 2.45) is 11.8 Å². The van der Waals surface area contributed by atoms with E-state index in [4.69, 9.17) is 4.98 Å². The van der Waals surface area contributed by atoms with Gasteiger partial charge in [0.05, 0.1) is 10.2 Å². The maximum Gasteiger partial charge on any atom is 0.227 e. The number of halogens is 1. The van der Waals surface area contributed by atoms with Crippen molar-refractivity contribution < 1.29 is 4.79 Å². The molecular formula is C25H36BrN5O. The number of carbonyl (C=O) groups excluding carboxylic acids is 1. The van der Waals surface area contributed by atoms with Crippen molar-refractivity contribution in [2.75, 3.05) is 19.4 Å². The highest BCUT2D eigenvalue weighted by Crippen LogP contribution is 2.35. The van der Waals surface area contributed by atoms with Gasteiger partial charge in [0.1, 0.15) is 0 Å². The first kappa shape index (κ1) is 24.6. The quantitative estimate of drug-likeness (QED) is 0.461. The molecule has 1 heterocycles. The summed E-state index contributed by atoms with van der Waals surface area (Å²) in [6.45, 7) is 4.97. The SMILES string of the molecule is CC(C)NC(=O)C1CCCC1CCCc1nc(Nc2ccc(CN(C)C)cc2)ncc1Br. The van der Waals surface area contributed by atoms with Gasteiger partial charge in [0.25, 0.3) is 0 Å². The Morgan fingerprint density at radius 1 is 1.22 bits per heavy atom. The average Bonchev–Trinajstić information content (AvgIpc) is 3.19. The zero-order chi connectivity index (χ0) is 23.1. The van der Waals surface area contributed by atoms with Crippen LogP contribution in [0.15, 0.2) is 34.9 Å². The predicted octanol–water partition coefficient (Wildman–Crippen LogP) is 5.31. The molecule has 1 aromatic carbocycles. The molecule has 1 amide bonds. The Hall–Kier alpha value is -1.99. The molecule has 1 saturated carbocycles. The lowest BCUT2D eigenvalue weighted by Crippen LogP contribution is -2.37. The molecule has 1 fully saturated rings. The second kappa shape index (κ2) is 11.8. The van der Waals surface area contributed by atoms with Crippen LogP contribution in [0.25, 0.3) is 0 Å². The molecule has 1 aromatic heterocycles. The Labute approximate surface area is 200 Å². The van der Waals surface area contributed by atoms with E-state index in [1.807, 2.05) is 20.0 Å². The van der Waals surface area contributed by atoms with E-state index >= 15 is 0 Å². The first-order valence-corrected chi connectivity index (χ1v) is 12.4. The van der Waals surface area contributed by atoms with Gasteiger partial charge in [0, 0.05) is 30.4 Å². The third kappa shape index (κ3) is 7.27. The Kier molecular flexibility index (Phi) is 9.05. The zero-order valence-corrected chi connectivity index (χ0v) is 21.3. The molecule has 0 bridgehead atoms. The number of amides is 1. The summed E-state index contributed by atoms with van der Waals surface area (Å²) in [4.78, 5) is 23.8. The van der Waals surface area contributed by atoms with E-state index in [0.29, 0.717) is 11.9 Å². The molecule has 2 unspecified atom stereocenters. The van der Waals surface area contributed by atoms with Crippen LogP contribution < -0.4 is 10.6 Å². The van der Waals surface area contributed by atoms with Crippen LogP contribution >= 0.6 is 15.9 Å². The van der Waals surface area contributed by atoms with Crippen molar-refractivity contribution in [3.8, 4) is 0 Å². The van der Waals surface area contributed by atoms with Crippen LogP contribution in [0.1, 0.15) is 57.2 Å². The number of nitrogens with zero attached hydrogens (tertiary/aromatic N) is 3. The van der Waals surface area contributed by atoms with E-state index in [2.05, 4.69) is 74.8 Å². The van der Waals surface area contributed by atoms with Gasteiger partial charge in [-0.05, 0) is 99.6 Å². The van der Waals surface area contributed by atoms with Crippen molar-refractivity contribution in [3.05, 3.63) is 46.2 Å². The first-order valence-electron chi connectivity index (χ1n) is 11.6. The minimum absolute atomic E-state index is 0.166. The zero-order valence-electron chi connectivity index (χ0n) is 19.7. The lowest BCUT2D eigenvalue weighted by atomic mass is 9.90. The van der Waals surface area contributed by atoms with Crippen molar-refractivity contribution >= 4 is 33.5 Å². The average molecular weight is 503 g/mol. The number of hydrogen-bond acceptors (Lipinski definition) is 5. The molecule has 0 saturated heterocycles. The van der Waals surface area contributed by atoms with E-state index in [1.165, 1.54) is 5.56 Å². The van der Waals surface area contributed by atoms with Gasteiger partial charge < -0.3 is 15.5 Å². The Balaban J connectivity index is 1.55. The summed E-state index contributed by atoms with van der Waals surface area (Å²) >= 11 is 3.60. The van der Waals surface area contributed by atoms with Crippen LogP contribution in [0, 0.1) is 11.8 Å². The first-order chi connectivity index (χ1) is 15.3. The molecule has 3 rings (SSSR count). The monoisotopic (exact) mass is 501 g/mol. The Bertz CT molecular complexity index is 884. The molecule has 1 aliphatic rings. The standard InChI is InChI=1S/C25H36BrN5O/c1-17(2)28-24(32)21-9-5-7-19(21)8-6-10-23-22(26)15-27-25(30-23)29-20-13-11-18(12-14-20)16-31(3)4/h11-15,17,19,21H,5-10,16H2,1-4H3,(H,28,32)(H,27,29,30). The predicted molar refractivity (Wildman–Crippen MR) is 134 cm³/mol. The van der Waals surface area contributed by atoms with Crippen molar-refractivity contribution in [1.82, 2.24) is 20.2 Å². The van der Waals surface area contributed by atoms with E-state index < -0.39 is 0 Å². The van der Waals surface area contributed by atoms with Gasteiger partial charge in [0.2, 0.25) is 11.9 Å². The molecule has 2 N–H and O–H groups in total. The van der Waals surface area contributed by atoms with Crippen LogP contribution in [-0.4, -0.2) is 40.9 Å². The number of nitrogens with one attached hydrogen (secondary N) is 2. The van der Waals surface area contributed by atoms with E-state index in [-0.39, 0.29) is 17.9 Å². The maximum absolute atomic E-state index is 12.5. The molecule has 7 heteroatoms. The summed E-state index contributed by atoms with van der Waals surface area (Å²) < 4.78 is 0.935. The minimum Gasteiger partial charge on any atom is -0.354 e. The molecule has 174 valence electrons. The van der Waals surface area contributed by atoms with Crippen molar-refractivity contribution in [3.63, 3.8) is 0 Å². The molecule has 0 radical (unpaired) electrons. The minimum atomic E-state index is 0.166. The third-order valence-electron chi connectivity index (χ3n) is 5.94. The molecule has 2 atom stereocenters. The maximum atomic E-state index is 12.5. The number of hydrogen-bond donors (Lipinski definition) is 2. The highest BCUT2D eigenvalue weighted by Gasteiger charge is 2.32. The van der Waals surface area contributed by atoms with Crippen molar-refractivity contribution in [1.29, 1.82) is 0 Å². The van der Waals surface area contributed by atoms with Crippen molar-refractivity contribution in [2.45, 2.75) is 65.0 Å². The number of carbonyl (C=O) groups is 1. The lowest BCUT2D eigenvalue weighted by molar-refractivity contribution is -0.126. The second-order valence-electron chi connectivity index (χ2n) is 9.40. The molecule has 2 aromatic rings. The summed E-state index contributed by atoms with van der Waals surface area (Å²) in [5.41, 5.74) is 3.25. The molecule has 1 aliphatic carbocycles. The summed E-state index contributed by atoms with van der Waals surface area (Å²) in [6, 6.07) is 8.57. The van der Waals surface area contributed by atoms with Crippen LogP contribution in [0.3, 0.4) is 0 Å². The largest absolute Gasteiger partial charge is 0.354 e. The van der Waals surface area contributed by atoms with E-state index in [0.717, 1.165) is 60.9 Å². The van der Waals surface area contributed by atoms with Gasteiger partial charge in [-0.15, -0.1) is 0 Å². The summed E-state index contributed by atoms with van der Waals surface area (Å²) in [6.07, 6.45) is 8.08. The summed E-state index contributed by atoms with van der Waals surface area (Å²) in [7, 11) is 4.13. The highest BCUT2D eigenvalue weighted by atomic mass is 79.9. The topological polar surface area (TPSA) is 70.2 Å². The van der Waals surface area contributed by atoms with Crippen LogP contribution in [0.5, 0.6) is 0 Å². The Morgan fingerprint density at radius 2 is 1.97 bits per heavy atom. The summed E-state index contributed by atoms with van der Waals surface area (Å²) in [5, 5.41) is 6.41. The fourth-order valence-corrected chi connectivity index (χ4v) is 4.87. The smallest absolute Gasteiger partial charge is 0.227 e. The van der Waals surface area contributed by atoms with Gasteiger partial charge >= 0.3 is 0 Å². The van der Waals surface area contributed by atoms with Gasteiger partial charge in [-0.2, -0.15) is 0 Å². The summed E-state index contributed by atoms with van der Waals surface area (Å²) in [5.74, 6) is 1.49. The molecular weight excluding hydrogens is 466 g/mol. The third-order valence-corrected chi connectivity index (χ3v) is 6.60.